The third kappa shape index (κ3) is 2.00. The summed E-state index contributed by atoms with van der Waals surface area (Å²) in [6.45, 7) is 2.66. The minimum Gasteiger partial charge on any atom is -0.396 e. The maximum absolute atomic E-state index is 12.2. The van der Waals surface area contributed by atoms with E-state index in [0.717, 1.165) is 31.6 Å². The molecular weight excluding hydrogens is 306 g/mol. The third-order valence-corrected chi connectivity index (χ3v) is 6.07. The van der Waals surface area contributed by atoms with Crippen LogP contribution in [-0.2, 0) is 11.3 Å². The van der Waals surface area contributed by atoms with Gasteiger partial charge in [0.05, 0.1) is 17.4 Å². The van der Waals surface area contributed by atoms with E-state index in [9.17, 15) is 9.90 Å². The Balaban J connectivity index is 1.41. The Morgan fingerprint density at radius 2 is 2.33 bits per heavy atom. The van der Waals surface area contributed by atoms with Crippen LogP contribution in [-0.4, -0.2) is 50.8 Å². The summed E-state index contributed by atoms with van der Waals surface area (Å²) in [5.41, 5.74) is 1.36. The van der Waals surface area contributed by atoms with Gasteiger partial charge in [-0.2, -0.15) is 0 Å². The molecule has 3 saturated heterocycles. The predicted molar refractivity (Wildman–Crippen MR) is 87.6 cm³/mol. The maximum atomic E-state index is 12.2. The molecule has 0 saturated carbocycles. The van der Waals surface area contributed by atoms with Crippen LogP contribution in [0.5, 0.6) is 0 Å². The smallest absolute Gasteiger partial charge is 0.258 e. The Morgan fingerprint density at radius 3 is 3.21 bits per heavy atom. The van der Waals surface area contributed by atoms with Crippen molar-refractivity contribution in [2.24, 2.45) is 11.8 Å². The molecule has 24 heavy (non-hydrogen) atoms. The highest BCUT2D eigenvalue weighted by atomic mass is 16.5. The molecule has 0 unspecified atom stereocenters. The SMILES string of the molecule is O=c1cc(CN2C[C@H]3[C@@H](CO)[C@@H]4CC[C@@]3(C2)O4)nc2ccccn12. The molecule has 0 aliphatic carbocycles. The quantitative estimate of drug-likeness (QED) is 0.897. The molecule has 0 radical (unpaired) electrons. The lowest BCUT2D eigenvalue weighted by molar-refractivity contribution is 0.000295. The summed E-state index contributed by atoms with van der Waals surface area (Å²) in [6, 6.07) is 7.21. The van der Waals surface area contributed by atoms with Crippen molar-refractivity contribution in [2.75, 3.05) is 19.7 Å². The van der Waals surface area contributed by atoms with Crippen molar-refractivity contribution < 1.29 is 9.84 Å². The summed E-state index contributed by atoms with van der Waals surface area (Å²) in [5, 5.41) is 9.71. The van der Waals surface area contributed by atoms with E-state index in [0.29, 0.717) is 18.1 Å². The van der Waals surface area contributed by atoms with Crippen molar-refractivity contribution in [3.8, 4) is 0 Å². The summed E-state index contributed by atoms with van der Waals surface area (Å²) < 4.78 is 7.82. The Labute approximate surface area is 139 Å². The fourth-order valence-electron chi connectivity index (χ4n) is 5.06. The molecule has 0 aromatic carbocycles. The van der Waals surface area contributed by atoms with E-state index in [1.807, 2.05) is 18.2 Å². The Bertz CT molecular complexity index is 851. The molecule has 6 nitrogen and oxygen atoms in total. The first-order valence-electron chi connectivity index (χ1n) is 8.67. The van der Waals surface area contributed by atoms with Crippen LogP contribution in [0.2, 0.25) is 0 Å². The molecule has 0 amide bonds. The van der Waals surface area contributed by atoms with Crippen LogP contribution in [0.25, 0.3) is 5.65 Å². The molecule has 2 bridgehead atoms. The van der Waals surface area contributed by atoms with E-state index in [1.165, 1.54) is 0 Å². The van der Waals surface area contributed by atoms with Gasteiger partial charge in [0, 0.05) is 50.3 Å². The van der Waals surface area contributed by atoms with E-state index in [1.54, 1.807) is 16.7 Å². The Kier molecular flexibility index (Phi) is 3.11. The molecule has 6 heteroatoms. The topological polar surface area (TPSA) is 67.1 Å². The van der Waals surface area contributed by atoms with Crippen LogP contribution in [0.3, 0.4) is 0 Å². The molecule has 5 rings (SSSR count). The number of likely N-dealkylation sites (tertiary alicyclic amines) is 1. The highest BCUT2D eigenvalue weighted by Gasteiger charge is 2.62. The third-order valence-electron chi connectivity index (χ3n) is 6.07. The van der Waals surface area contributed by atoms with E-state index in [2.05, 4.69) is 9.88 Å². The van der Waals surface area contributed by atoms with E-state index >= 15 is 0 Å². The Morgan fingerprint density at radius 1 is 1.42 bits per heavy atom. The summed E-state index contributed by atoms with van der Waals surface area (Å²) >= 11 is 0. The number of hydrogen-bond acceptors (Lipinski definition) is 5. The molecular formula is C18H21N3O3. The molecule has 5 heterocycles. The van der Waals surface area contributed by atoms with Gasteiger partial charge in [-0.3, -0.25) is 14.1 Å². The minimum atomic E-state index is -0.0794. The van der Waals surface area contributed by atoms with Gasteiger partial charge in [0.1, 0.15) is 5.65 Å². The zero-order valence-electron chi connectivity index (χ0n) is 13.5. The number of fused-ring (bicyclic) bond motifs is 2. The number of aliphatic hydroxyl groups excluding tert-OH is 1. The van der Waals surface area contributed by atoms with Crippen LogP contribution in [0, 0.1) is 11.8 Å². The lowest BCUT2D eigenvalue weighted by Crippen LogP contribution is -2.37. The summed E-state index contributed by atoms with van der Waals surface area (Å²) in [6.07, 6.45) is 4.13. The molecule has 3 aliphatic rings. The van der Waals surface area contributed by atoms with Gasteiger partial charge in [0.2, 0.25) is 0 Å². The van der Waals surface area contributed by atoms with Gasteiger partial charge in [-0.05, 0) is 25.0 Å². The van der Waals surface area contributed by atoms with Gasteiger partial charge >= 0.3 is 0 Å². The first kappa shape index (κ1) is 14.6. The molecule has 3 aliphatic heterocycles. The van der Waals surface area contributed by atoms with Crippen LogP contribution < -0.4 is 5.56 Å². The highest BCUT2D eigenvalue weighted by molar-refractivity contribution is 5.38. The second-order valence-electron chi connectivity index (χ2n) is 7.40. The average Bonchev–Trinajstić information content (AvgIpc) is 3.21. The van der Waals surface area contributed by atoms with Gasteiger partial charge in [-0.25, -0.2) is 4.98 Å². The van der Waals surface area contributed by atoms with Gasteiger partial charge in [-0.15, -0.1) is 0 Å². The summed E-state index contributed by atoms with van der Waals surface area (Å²) in [4.78, 5) is 19.2. The van der Waals surface area contributed by atoms with Gasteiger partial charge < -0.3 is 9.84 Å². The standard InChI is InChI=1S/C18H21N3O3/c22-10-13-14-9-20(11-18(14)5-4-15(13)24-18)8-12-7-17(23)21-6-2-1-3-16(21)19-12/h1-3,6-7,13-15,22H,4-5,8-11H2/t13-,14+,15+,18+/m1/s1. The van der Waals surface area contributed by atoms with E-state index in [-0.39, 0.29) is 29.8 Å². The second kappa shape index (κ2) is 5.12. The number of pyridine rings is 1. The first-order chi connectivity index (χ1) is 11.7. The predicted octanol–water partition coefficient (Wildman–Crippen LogP) is 0.666. The van der Waals surface area contributed by atoms with Gasteiger partial charge in [0.15, 0.2) is 0 Å². The number of ether oxygens (including phenoxy) is 1. The first-order valence-corrected chi connectivity index (χ1v) is 8.67. The van der Waals surface area contributed by atoms with Crippen molar-refractivity contribution in [3.05, 3.63) is 46.5 Å². The Hall–Kier alpha value is -1.76. The normalized spacial score (nSPS) is 35.0. The number of nitrogens with zero attached hydrogens (tertiary/aromatic N) is 3. The van der Waals surface area contributed by atoms with Crippen molar-refractivity contribution >= 4 is 5.65 Å². The molecule has 1 N–H and O–H groups in total. The average molecular weight is 327 g/mol. The lowest BCUT2D eigenvalue weighted by atomic mass is 9.74. The lowest BCUT2D eigenvalue weighted by Gasteiger charge is -2.28. The highest BCUT2D eigenvalue weighted by Crippen LogP contribution is 2.54. The van der Waals surface area contributed by atoms with Crippen molar-refractivity contribution in [3.63, 3.8) is 0 Å². The van der Waals surface area contributed by atoms with Crippen molar-refractivity contribution in [1.82, 2.24) is 14.3 Å². The zero-order chi connectivity index (χ0) is 16.3. The molecule has 2 aromatic heterocycles. The summed E-state index contributed by atoms with van der Waals surface area (Å²) in [7, 11) is 0. The van der Waals surface area contributed by atoms with Crippen LogP contribution in [0.15, 0.2) is 35.3 Å². The molecule has 126 valence electrons. The van der Waals surface area contributed by atoms with E-state index in [4.69, 9.17) is 4.74 Å². The van der Waals surface area contributed by atoms with Crippen molar-refractivity contribution in [2.45, 2.75) is 31.1 Å². The number of hydrogen-bond donors (Lipinski definition) is 1. The van der Waals surface area contributed by atoms with Gasteiger partial charge in [0.25, 0.3) is 5.56 Å². The van der Waals surface area contributed by atoms with Crippen molar-refractivity contribution in [1.29, 1.82) is 0 Å². The maximum Gasteiger partial charge on any atom is 0.258 e. The second-order valence-corrected chi connectivity index (χ2v) is 7.40. The minimum absolute atomic E-state index is 0.0430. The monoisotopic (exact) mass is 327 g/mol. The zero-order valence-corrected chi connectivity index (χ0v) is 13.5. The van der Waals surface area contributed by atoms with Gasteiger partial charge in [-0.1, -0.05) is 6.07 Å². The van der Waals surface area contributed by atoms with Crippen LogP contribution in [0.1, 0.15) is 18.5 Å². The molecule has 2 aromatic rings. The molecule has 4 atom stereocenters. The summed E-state index contributed by atoms with van der Waals surface area (Å²) in [5.74, 6) is 0.668. The van der Waals surface area contributed by atoms with E-state index < -0.39 is 0 Å². The van der Waals surface area contributed by atoms with Crippen LogP contribution >= 0.6 is 0 Å². The number of aromatic nitrogens is 2. The molecule has 1 spiro atoms. The molecule has 3 fully saturated rings. The fourth-order valence-corrected chi connectivity index (χ4v) is 5.06. The fraction of sp³-hybridized carbons (Fsp3) is 0.556. The largest absolute Gasteiger partial charge is 0.396 e. The number of rotatable bonds is 3. The number of aliphatic hydroxyl groups is 1. The van der Waals surface area contributed by atoms with Crippen LogP contribution in [0.4, 0.5) is 0 Å².